The molecule has 2 aromatic heterocycles. The van der Waals surface area contributed by atoms with Gasteiger partial charge in [-0.1, -0.05) is 0 Å². The van der Waals surface area contributed by atoms with E-state index in [0.29, 0.717) is 24.3 Å². The predicted octanol–water partition coefficient (Wildman–Crippen LogP) is 1.24. The van der Waals surface area contributed by atoms with Gasteiger partial charge >= 0.3 is 0 Å². The Balaban J connectivity index is 2.01. The minimum atomic E-state index is -0.125. The number of nitrogens with one attached hydrogen (secondary N) is 1. The van der Waals surface area contributed by atoms with Crippen LogP contribution in [0.25, 0.3) is 0 Å². The molecule has 18 heavy (non-hydrogen) atoms. The Bertz CT molecular complexity index is 553. The number of carbonyl (C=O) groups is 1. The molecule has 3 N–H and O–H groups in total. The molecule has 0 saturated carbocycles. The fraction of sp³-hybridized carbons (Fsp3) is 0.250. The molecule has 6 heteroatoms. The number of aryl methyl sites for hydroxylation is 1. The number of nitrogens with two attached hydrogens (primary N) is 1. The maximum absolute atomic E-state index is 11.9. The van der Waals surface area contributed by atoms with Gasteiger partial charge in [-0.2, -0.15) is 0 Å². The van der Waals surface area contributed by atoms with Crippen molar-refractivity contribution in [2.24, 2.45) is 5.73 Å². The van der Waals surface area contributed by atoms with E-state index in [1.165, 1.54) is 11.3 Å². The highest BCUT2D eigenvalue weighted by Gasteiger charge is 2.08. The fourth-order valence-corrected chi connectivity index (χ4v) is 2.21. The second-order valence-electron chi connectivity index (χ2n) is 3.78. The van der Waals surface area contributed by atoms with E-state index in [2.05, 4.69) is 15.3 Å². The molecule has 0 atom stereocenters. The van der Waals surface area contributed by atoms with Crippen LogP contribution in [0.2, 0.25) is 0 Å². The average molecular weight is 262 g/mol. The zero-order valence-electron chi connectivity index (χ0n) is 10.0. The lowest BCUT2D eigenvalue weighted by Crippen LogP contribution is -2.23. The van der Waals surface area contributed by atoms with Crippen LogP contribution in [-0.2, 0) is 13.1 Å². The molecule has 0 aliphatic carbocycles. The van der Waals surface area contributed by atoms with Crippen molar-refractivity contribution in [3.63, 3.8) is 0 Å². The van der Waals surface area contributed by atoms with Gasteiger partial charge in [0.25, 0.3) is 5.91 Å². The van der Waals surface area contributed by atoms with Crippen molar-refractivity contribution >= 4 is 17.2 Å². The highest BCUT2D eigenvalue weighted by atomic mass is 32.1. The van der Waals surface area contributed by atoms with E-state index in [9.17, 15) is 4.79 Å². The average Bonchev–Trinajstić information content (AvgIpc) is 2.81. The van der Waals surface area contributed by atoms with Gasteiger partial charge in [-0.3, -0.25) is 9.78 Å². The summed E-state index contributed by atoms with van der Waals surface area (Å²) in [5, 5.41) is 2.86. The Hall–Kier alpha value is -1.79. The Labute approximate surface area is 109 Å². The Morgan fingerprint density at radius 3 is 3.00 bits per heavy atom. The van der Waals surface area contributed by atoms with Crippen LogP contribution in [0.3, 0.4) is 0 Å². The predicted molar refractivity (Wildman–Crippen MR) is 70.1 cm³/mol. The molecule has 0 spiro atoms. The molecule has 2 rings (SSSR count). The second-order valence-corrected chi connectivity index (χ2v) is 4.72. The first-order chi connectivity index (χ1) is 8.70. The first-order valence-electron chi connectivity index (χ1n) is 5.53. The number of carbonyl (C=O) groups excluding carboxylic acids is 1. The number of hydrogen-bond donors (Lipinski definition) is 2. The molecule has 1 amide bonds. The molecule has 2 aromatic rings. The van der Waals surface area contributed by atoms with E-state index in [1.54, 1.807) is 23.8 Å². The van der Waals surface area contributed by atoms with Gasteiger partial charge in [-0.25, -0.2) is 4.98 Å². The maximum atomic E-state index is 11.9. The van der Waals surface area contributed by atoms with Gasteiger partial charge in [-0.05, 0) is 19.1 Å². The highest BCUT2D eigenvalue weighted by Crippen LogP contribution is 2.11. The molecule has 0 fully saturated rings. The van der Waals surface area contributed by atoms with Gasteiger partial charge in [0.05, 0.1) is 23.4 Å². The third-order valence-electron chi connectivity index (χ3n) is 2.54. The van der Waals surface area contributed by atoms with Crippen LogP contribution in [0.5, 0.6) is 0 Å². The molecule has 0 saturated heterocycles. The van der Waals surface area contributed by atoms with Gasteiger partial charge in [0, 0.05) is 23.2 Å². The van der Waals surface area contributed by atoms with Crippen LogP contribution >= 0.6 is 11.3 Å². The summed E-state index contributed by atoms with van der Waals surface area (Å²) in [6.07, 6.45) is 1.59. The first-order valence-corrected chi connectivity index (χ1v) is 6.41. The number of pyridine rings is 1. The van der Waals surface area contributed by atoms with Crippen molar-refractivity contribution in [1.29, 1.82) is 0 Å². The fourth-order valence-electron chi connectivity index (χ4n) is 1.49. The zero-order chi connectivity index (χ0) is 13.0. The van der Waals surface area contributed by atoms with Crippen molar-refractivity contribution in [2.75, 3.05) is 0 Å². The van der Waals surface area contributed by atoms with Gasteiger partial charge < -0.3 is 11.1 Å². The Kier molecular flexibility index (Phi) is 4.01. The SMILES string of the molecule is Cc1ncsc1CNC(=O)c1ccnc(CN)c1. The van der Waals surface area contributed by atoms with Crippen LogP contribution in [0, 0.1) is 6.92 Å². The van der Waals surface area contributed by atoms with E-state index in [1.807, 2.05) is 6.92 Å². The number of hydrogen-bond acceptors (Lipinski definition) is 5. The highest BCUT2D eigenvalue weighted by molar-refractivity contribution is 7.09. The zero-order valence-corrected chi connectivity index (χ0v) is 10.8. The normalized spacial score (nSPS) is 10.3. The van der Waals surface area contributed by atoms with E-state index in [0.717, 1.165) is 10.6 Å². The molecule has 2 heterocycles. The lowest BCUT2D eigenvalue weighted by Gasteiger charge is -2.05. The summed E-state index contributed by atoms with van der Waals surface area (Å²) in [6, 6.07) is 3.38. The van der Waals surface area contributed by atoms with E-state index in [4.69, 9.17) is 5.73 Å². The molecule has 5 nitrogen and oxygen atoms in total. The van der Waals surface area contributed by atoms with Crippen molar-refractivity contribution in [3.8, 4) is 0 Å². The molecule has 0 unspecified atom stereocenters. The molecular weight excluding hydrogens is 248 g/mol. The van der Waals surface area contributed by atoms with Gasteiger partial charge in [0.15, 0.2) is 0 Å². The molecule has 0 aliphatic heterocycles. The van der Waals surface area contributed by atoms with Gasteiger partial charge in [-0.15, -0.1) is 11.3 Å². The summed E-state index contributed by atoms with van der Waals surface area (Å²) in [5.74, 6) is -0.125. The number of rotatable bonds is 4. The molecule has 0 aliphatic rings. The first kappa shape index (κ1) is 12.7. The number of thiazole rings is 1. The number of amides is 1. The Morgan fingerprint density at radius 1 is 1.50 bits per heavy atom. The van der Waals surface area contributed by atoms with Crippen LogP contribution in [0.4, 0.5) is 0 Å². The third-order valence-corrected chi connectivity index (χ3v) is 3.48. The summed E-state index contributed by atoms with van der Waals surface area (Å²) in [6.45, 7) is 2.75. The van der Waals surface area contributed by atoms with Crippen molar-refractivity contribution in [2.45, 2.75) is 20.0 Å². The largest absolute Gasteiger partial charge is 0.347 e. The minimum Gasteiger partial charge on any atom is -0.347 e. The molecule has 0 bridgehead atoms. The van der Waals surface area contributed by atoms with Crippen LogP contribution < -0.4 is 11.1 Å². The minimum absolute atomic E-state index is 0.125. The van der Waals surface area contributed by atoms with Gasteiger partial charge in [0.1, 0.15) is 0 Å². The van der Waals surface area contributed by atoms with E-state index < -0.39 is 0 Å². The lowest BCUT2D eigenvalue weighted by molar-refractivity contribution is 0.0951. The maximum Gasteiger partial charge on any atom is 0.251 e. The van der Waals surface area contributed by atoms with Crippen LogP contribution in [-0.4, -0.2) is 15.9 Å². The second kappa shape index (κ2) is 5.70. The van der Waals surface area contributed by atoms with Crippen molar-refractivity contribution in [3.05, 3.63) is 45.7 Å². The van der Waals surface area contributed by atoms with Crippen LogP contribution in [0.1, 0.15) is 26.6 Å². The smallest absolute Gasteiger partial charge is 0.251 e. The number of aromatic nitrogens is 2. The molecule has 0 aromatic carbocycles. The number of nitrogens with zero attached hydrogens (tertiary/aromatic N) is 2. The summed E-state index contributed by atoms with van der Waals surface area (Å²) >= 11 is 1.54. The van der Waals surface area contributed by atoms with Crippen LogP contribution in [0.15, 0.2) is 23.8 Å². The summed E-state index contributed by atoms with van der Waals surface area (Å²) in [4.78, 5) is 21.2. The molecule has 94 valence electrons. The summed E-state index contributed by atoms with van der Waals surface area (Å²) < 4.78 is 0. The topological polar surface area (TPSA) is 80.9 Å². The van der Waals surface area contributed by atoms with Crippen molar-refractivity contribution < 1.29 is 4.79 Å². The Morgan fingerprint density at radius 2 is 2.33 bits per heavy atom. The molecule has 0 radical (unpaired) electrons. The lowest BCUT2D eigenvalue weighted by atomic mass is 10.2. The van der Waals surface area contributed by atoms with E-state index in [-0.39, 0.29) is 5.91 Å². The standard InChI is InChI=1S/C12H14N4OS/c1-8-11(18-7-16-8)6-15-12(17)9-2-3-14-10(4-9)5-13/h2-4,7H,5-6,13H2,1H3,(H,15,17). The third kappa shape index (κ3) is 2.91. The van der Waals surface area contributed by atoms with Crippen molar-refractivity contribution in [1.82, 2.24) is 15.3 Å². The summed E-state index contributed by atoms with van der Waals surface area (Å²) in [7, 11) is 0. The quantitative estimate of drug-likeness (QED) is 0.868. The molecular formula is C12H14N4OS. The van der Waals surface area contributed by atoms with E-state index >= 15 is 0 Å². The van der Waals surface area contributed by atoms with Gasteiger partial charge in [0.2, 0.25) is 0 Å². The monoisotopic (exact) mass is 262 g/mol. The summed E-state index contributed by atoms with van der Waals surface area (Å²) in [5.41, 5.74) is 9.50.